The Balaban J connectivity index is 1.84. The van der Waals surface area contributed by atoms with Crippen molar-refractivity contribution in [2.45, 2.75) is 25.2 Å². The van der Waals surface area contributed by atoms with Gasteiger partial charge in [-0.05, 0) is 12.0 Å². The molecular weight excluding hydrogens is 204 g/mol. The Morgan fingerprint density at radius 2 is 2.06 bits per heavy atom. The van der Waals surface area contributed by atoms with Gasteiger partial charge in [-0.1, -0.05) is 30.3 Å². The van der Waals surface area contributed by atoms with Crippen LogP contribution < -0.4 is 0 Å². The van der Waals surface area contributed by atoms with Crippen molar-refractivity contribution >= 4 is 0 Å². The van der Waals surface area contributed by atoms with Crippen LogP contribution in [0, 0.1) is 0 Å². The lowest BCUT2D eigenvalue weighted by Gasteiger charge is -2.30. The number of methoxy groups -OCH3 is 1. The van der Waals surface area contributed by atoms with E-state index in [0.717, 1.165) is 13.0 Å². The summed E-state index contributed by atoms with van der Waals surface area (Å²) < 4.78 is 16.6. The smallest absolute Gasteiger partial charge is 0.107 e. The van der Waals surface area contributed by atoms with Gasteiger partial charge >= 0.3 is 0 Å². The Hall–Kier alpha value is -0.900. The van der Waals surface area contributed by atoms with Crippen LogP contribution in [0.2, 0.25) is 0 Å². The van der Waals surface area contributed by atoms with Crippen LogP contribution in [0.15, 0.2) is 30.3 Å². The van der Waals surface area contributed by atoms with Gasteiger partial charge in [-0.15, -0.1) is 0 Å². The van der Waals surface area contributed by atoms with Crippen LogP contribution in [-0.4, -0.2) is 32.5 Å². The van der Waals surface area contributed by atoms with Crippen LogP contribution in [-0.2, 0) is 20.8 Å². The minimum absolute atomic E-state index is 0.0546. The normalized spacial score (nSPS) is 25.6. The highest BCUT2D eigenvalue weighted by Crippen LogP contribution is 2.15. The van der Waals surface area contributed by atoms with Crippen LogP contribution in [0.3, 0.4) is 0 Å². The lowest BCUT2D eigenvalue weighted by Crippen LogP contribution is -2.39. The molecule has 3 heteroatoms. The van der Waals surface area contributed by atoms with Gasteiger partial charge in [0.15, 0.2) is 0 Å². The molecule has 0 saturated carbocycles. The van der Waals surface area contributed by atoms with Gasteiger partial charge in [0.2, 0.25) is 0 Å². The maximum atomic E-state index is 5.82. The highest BCUT2D eigenvalue weighted by atomic mass is 16.6. The van der Waals surface area contributed by atoms with Gasteiger partial charge in [0.25, 0.3) is 0 Å². The number of rotatable bonds is 4. The second kappa shape index (κ2) is 5.99. The molecule has 1 aromatic rings. The summed E-state index contributed by atoms with van der Waals surface area (Å²) in [5.74, 6) is 0. The van der Waals surface area contributed by atoms with Crippen molar-refractivity contribution in [2.24, 2.45) is 0 Å². The topological polar surface area (TPSA) is 27.7 Å². The van der Waals surface area contributed by atoms with Gasteiger partial charge in [0.05, 0.1) is 19.3 Å². The van der Waals surface area contributed by atoms with Crippen LogP contribution in [0.1, 0.15) is 12.0 Å². The molecule has 2 unspecified atom stereocenters. The Morgan fingerprint density at radius 3 is 2.81 bits per heavy atom. The van der Waals surface area contributed by atoms with Crippen LogP contribution in [0.4, 0.5) is 0 Å². The molecule has 1 aromatic carbocycles. The van der Waals surface area contributed by atoms with Crippen molar-refractivity contribution in [2.75, 3.05) is 20.3 Å². The molecule has 1 aliphatic heterocycles. The summed E-state index contributed by atoms with van der Waals surface area (Å²) in [6.45, 7) is 2.02. The molecule has 3 nitrogen and oxygen atoms in total. The molecule has 0 aromatic heterocycles. The van der Waals surface area contributed by atoms with Crippen molar-refractivity contribution in [3.63, 3.8) is 0 Å². The average molecular weight is 222 g/mol. The first-order chi connectivity index (χ1) is 7.90. The average Bonchev–Trinajstić information content (AvgIpc) is 2.38. The fraction of sp³-hybridized carbons (Fsp3) is 0.538. The minimum Gasteiger partial charge on any atom is -0.379 e. The first-order valence-electron chi connectivity index (χ1n) is 5.66. The molecule has 0 bridgehead atoms. The summed E-state index contributed by atoms with van der Waals surface area (Å²) in [5.41, 5.74) is 1.18. The van der Waals surface area contributed by atoms with Crippen LogP contribution in [0.5, 0.6) is 0 Å². The zero-order valence-electron chi connectivity index (χ0n) is 9.59. The van der Waals surface area contributed by atoms with Crippen molar-refractivity contribution in [3.05, 3.63) is 35.9 Å². The number of benzene rings is 1. The number of hydrogen-bond donors (Lipinski definition) is 0. The Labute approximate surface area is 96.3 Å². The zero-order chi connectivity index (χ0) is 11.2. The predicted octanol–water partition coefficient (Wildman–Crippen LogP) is 2.01. The van der Waals surface area contributed by atoms with E-state index in [4.69, 9.17) is 14.2 Å². The van der Waals surface area contributed by atoms with E-state index in [9.17, 15) is 0 Å². The molecule has 2 atom stereocenters. The standard InChI is InChI=1S/C13H18O3/c1-14-12-7-8-15-10-13(12)16-9-11-5-3-2-4-6-11/h2-6,12-13H,7-10H2,1H3. The highest BCUT2D eigenvalue weighted by molar-refractivity contribution is 5.13. The van der Waals surface area contributed by atoms with E-state index in [1.807, 2.05) is 18.2 Å². The molecule has 0 spiro atoms. The molecule has 1 fully saturated rings. The van der Waals surface area contributed by atoms with E-state index in [1.165, 1.54) is 5.56 Å². The van der Waals surface area contributed by atoms with E-state index >= 15 is 0 Å². The minimum atomic E-state index is 0.0546. The summed E-state index contributed by atoms with van der Waals surface area (Å²) >= 11 is 0. The number of hydrogen-bond acceptors (Lipinski definition) is 3. The molecule has 0 amide bonds. The van der Waals surface area contributed by atoms with Crippen molar-refractivity contribution < 1.29 is 14.2 Å². The van der Waals surface area contributed by atoms with Crippen molar-refractivity contribution in [3.8, 4) is 0 Å². The summed E-state index contributed by atoms with van der Waals surface area (Å²) in [4.78, 5) is 0. The van der Waals surface area contributed by atoms with Crippen LogP contribution in [0.25, 0.3) is 0 Å². The Kier molecular flexibility index (Phi) is 4.34. The zero-order valence-corrected chi connectivity index (χ0v) is 9.59. The van der Waals surface area contributed by atoms with E-state index in [1.54, 1.807) is 7.11 Å². The third-order valence-corrected chi connectivity index (χ3v) is 2.85. The van der Waals surface area contributed by atoms with Crippen molar-refractivity contribution in [1.29, 1.82) is 0 Å². The summed E-state index contributed by atoms with van der Waals surface area (Å²) in [6, 6.07) is 10.2. The summed E-state index contributed by atoms with van der Waals surface area (Å²) in [6.07, 6.45) is 1.13. The van der Waals surface area contributed by atoms with Crippen LogP contribution >= 0.6 is 0 Å². The lowest BCUT2D eigenvalue weighted by atomic mass is 10.1. The predicted molar refractivity (Wildman–Crippen MR) is 61.3 cm³/mol. The Morgan fingerprint density at radius 1 is 1.25 bits per heavy atom. The Bertz CT molecular complexity index is 299. The van der Waals surface area contributed by atoms with E-state index < -0.39 is 0 Å². The van der Waals surface area contributed by atoms with Gasteiger partial charge in [0.1, 0.15) is 6.10 Å². The van der Waals surface area contributed by atoms with Gasteiger partial charge in [-0.2, -0.15) is 0 Å². The van der Waals surface area contributed by atoms with E-state index in [-0.39, 0.29) is 12.2 Å². The van der Waals surface area contributed by atoms with Gasteiger partial charge in [-0.25, -0.2) is 0 Å². The molecule has 1 heterocycles. The maximum Gasteiger partial charge on any atom is 0.107 e. The van der Waals surface area contributed by atoms with Gasteiger partial charge in [0, 0.05) is 13.7 Å². The molecule has 2 rings (SSSR count). The highest BCUT2D eigenvalue weighted by Gasteiger charge is 2.26. The first kappa shape index (κ1) is 11.6. The van der Waals surface area contributed by atoms with Gasteiger partial charge in [-0.3, -0.25) is 0 Å². The third-order valence-electron chi connectivity index (χ3n) is 2.85. The number of ether oxygens (including phenoxy) is 3. The van der Waals surface area contributed by atoms with Gasteiger partial charge < -0.3 is 14.2 Å². The molecule has 1 aliphatic rings. The molecule has 16 heavy (non-hydrogen) atoms. The van der Waals surface area contributed by atoms with E-state index in [2.05, 4.69) is 12.1 Å². The monoisotopic (exact) mass is 222 g/mol. The lowest BCUT2D eigenvalue weighted by molar-refractivity contribution is -0.134. The first-order valence-corrected chi connectivity index (χ1v) is 5.66. The quantitative estimate of drug-likeness (QED) is 0.780. The maximum absolute atomic E-state index is 5.82. The summed E-state index contributed by atoms with van der Waals surface area (Å²) in [5, 5.41) is 0. The summed E-state index contributed by atoms with van der Waals surface area (Å²) in [7, 11) is 1.73. The molecular formula is C13H18O3. The molecule has 0 N–H and O–H groups in total. The molecule has 1 saturated heterocycles. The second-order valence-corrected chi connectivity index (χ2v) is 3.97. The van der Waals surface area contributed by atoms with E-state index in [0.29, 0.717) is 13.2 Å². The fourth-order valence-electron chi connectivity index (χ4n) is 1.89. The third kappa shape index (κ3) is 3.04. The second-order valence-electron chi connectivity index (χ2n) is 3.97. The van der Waals surface area contributed by atoms with Crippen molar-refractivity contribution in [1.82, 2.24) is 0 Å². The molecule has 0 radical (unpaired) electrons. The molecule has 0 aliphatic carbocycles. The molecule has 88 valence electrons. The SMILES string of the molecule is COC1CCOCC1OCc1ccccc1. The fourth-order valence-corrected chi connectivity index (χ4v) is 1.89. The largest absolute Gasteiger partial charge is 0.379 e.